The van der Waals surface area contributed by atoms with Gasteiger partial charge in [-0.25, -0.2) is 0 Å². The Kier molecular flexibility index (Phi) is 5.44. The molecule has 1 aliphatic carbocycles. The fourth-order valence-corrected chi connectivity index (χ4v) is 3.82. The quantitative estimate of drug-likeness (QED) is 0.882. The van der Waals surface area contributed by atoms with Gasteiger partial charge in [-0.05, 0) is 49.9 Å². The normalized spacial score (nSPS) is 20.0. The van der Waals surface area contributed by atoms with Gasteiger partial charge >= 0.3 is 0 Å². The summed E-state index contributed by atoms with van der Waals surface area (Å²) in [7, 11) is 2.06. The molecule has 2 heteroatoms. The smallest absolute Gasteiger partial charge is 0.0206 e. The van der Waals surface area contributed by atoms with Crippen LogP contribution < -0.4 is 5.32 Å². The van der Waals surface area contributed by atoms with E-state index in [1.165, 1.54) is 30.4 Å². The van der Waals surface area contributed by atoms with Crippen LogP contribution in [0.25, 0.3) is 0 Å². The number of hydrogen-bond donors (Lipinski definition) is 1. The zero-order valence-corrected chi connectivity index (χ0v) is 13.4. The summed E-state index contributed by atoms with van der Waals surface area (Å²) < 4.78 is 0. The van der Waals surface area contributed by atoms with Crippen molar-refractivity contribution in [2.45, 2.75) is 24.7 Å². The van der Waals surface area contributed by atoms with E-state index in [-0.39, 0.29) is 17.8 Å². The molecular weight excluding hydrogens is 278 g/mol. The average molecular weight is 302 g/mol. The third kappa shape index (κ3) is 3.14. The zero-order valence-electron chi connectivity index (χ0n) is 12.6. The summed E-state index contributed by atoms with van der Waals surface area (Å²) in [6.07, 6.45) is 3.82. The molecule has 1 saturated carbocycles. The van der Waals surface area contributed by atoms with Gasteiger partial charge in [0.15, 0.2) is 0 Å². The van der Waals surface area contributed by atoms with Crippen molar-refractivity contribution in [1.29, 1.82) is 0 Å². The second-order valence-corrected chi connectivity index (χ2v) is 5.98. The molecule has 0 amide bonds. The van der Waals surface area contributed by atoms with Gasteiger partial charge in [-0.15, -0.1) is 12.4 Å². The van der Waals surface area contributed by atoms with Crippen molar-refractivity contribution in [3.05, 3.63) is 71.8 Å². The number of halogens is 1. The van der Waals surface area contributed by atoms with Crippen LogP contribution in [0.15, 0.2) is 60.7 Å². The molecule has 112 valence electrons. The maximum absolute atomic E-state index is 3.35. The first-order valence-electron chi connectivity index (χ1n) is 7.61. The Morgan fingerprint density at radius 1 is 0.952 bits per heavy atom. The van der Waals surface area contributed by atoms with Gasteiger partial charge in [0.2, 0.25) is 0 Å². The fraction of sp³-hybridized carbons (Fsp3) is 0.368. The van der Waals surface area contributed by atoms with Gasteiger partial charge in [0.1, 0.15) is 0 Å². The monoisotopic (exact) mass is 301 g/mol. The summed E-state index contributed by atoms with van der Waals surface area (Å²) in [5.41, 5.74) is 3.17. The minimum atomic E-state index is 0. The highest BCUT2D eigenvalue weighted by Crippen LogP contribution is 2.48. The minimum Gasteiger partial charge on any atom is -0.319 e. The molecule has 1 N–H and O–H groups in total. The highest BCUT2D eigenvalue weighted by Gasteiger charge is 2.41. The van der Waals surface area contributed by atoms with Crippen LogP contribution in [0.4, 0.5) is 0 Å². The SMILES string of the molecule is CNCC1CCC(c2ccccc2)(c2ccccc2)C1.Cl. The van der Waals surface area contributed by atoms with Crippen LogP contribution in [-0.4, -0.2) is 13.6 Å². The van der Waals surface area contributed by atoms with E-state index in [9.17, 15) is 0 Å². The van der Waals surface area contributed by atoms with E-state index in [1.807, 2.05) is 0 Å². The summed E-state index contributed by atoms with van der Waals surface area (Å²) in [6.45, 7) is 1.13. The van der Waals surface area contributed by atoms with E-state index in [0.29, 0.717) is 0 Å². The molecule has 1 unspecified atom stereocenters. The van der Waals surface area contributed by atoms with E-state index in [0.717, 1.165) is 12.5 Å². The standard InChI is InChI=1S/C19H23N.ClH/c1-20-15-16-12-13-19(14-16,17-8-4-2-5-9-17)18-10-6-3-7-11-18;/h2-11,16,20H,12-15H2,1H3;1H. The molecule has 1 nitrogen and oxygen atoms in total. The first-order valence-corrected chi connectivity index (χ1v) is 7.61. The molecule has 0 saturated heterocycles. The summed E-state index contributed by atoms with van der Waals surface area (Å²) in [5.74, 6) is 0.778. The molecule has 0 radical (unpaired) electrons. The van der Waals surface area contributed by atoms with Gasteiger partial charge in [-0.3, -0.25) is 0 Å². The van der Waals surface area contributed by atoms with Gasteiger partial charge in [0.25, 0.3) is 0 Å². The topological polar surface area (TPSA) is 12.0 Å². The van der Waals surface area contributed by atoms with Gasteiger partial charge in [-0.2, -0.15) is 0 Å². The Morgan fingerprint density at radius 3 is 1.95 bits per heavy atom. The van der Waals surface area contributed by atoms with Crippen LogP contribution >= 0.6 is 12.4 Å². The lowest BCUT2D eigenvalue weighted by Gasteiger charge is -2.31. The predicted molar refractivity (Wildman–Crippen MR) is 92.2 cm³/mol. The number of hydrogen-bond acceptors (Lipinski definition) is 1. The van der Waals surface area contributed by atoms with Gasteiger partial charge in [0.05, 0.1) is 0 Å². The highest BCUT2D eigenvalue weighted by atomic mass is 35.5. The second kappa shape index (κ2) is 7.11. The van der Waals surface area contributed by atoms with Crippen molar-refractivity contribution >= 4 is 12.4 Å². The third-order valence-electron chi connectivity index (χ3n) is 4.76. The lowest BCUT2D eigenvalue weighted by atomic mass is 9.72. The molecule has 1 atom stereocenters. The summed E-state index contributed by atoms with van der Waals surface area (Å²) in [5, 5.41) is 3.35. The maximum Gasteiger partial charge on any atom is 0.0206 e. The molecular formula is C19H24ClN. The molecule has 0 heterocycles. The van der Waals surface area contributed by atoms with Crippen LogP contribution in [0.3, 0.4) is 0 Å². The first-order chi connectivity index (χ1) is 9.85. The molecule has 0 aliphatic heterocycles. The predicted octanol–water partition coefficient (Wildman–Crippen LogP) is 4.41. The molecule has 3 rings (SSSR count). The molecule has 1 aliphatic rings. The van der Waals surface area contributed by atoms with Crippen molar-refractivity contribution < 1.29 is 0 Å². The first kappa shape index (κ1) is 16.1. The molecule has 21 heavy (non-hydrogen) atoms. The van der Waals surface area contributed by atoms with Crippen molar-refractivity contribution in [1.82, 2.24) is 5.32 Å². The van der Waals surface area contributed by atoms with E-state index in [1.54, 1.807) is 0 Å². The van der Waals surface area contributed by atoms with Gasteiger partial charge in [-0.1, -0.05) is 60.7 Å². The Bertz CT molecular complexity index is 499. The van der Waals surface area contributed by atoms with E-state index >= 15 is 0 Å². The Labute approximate surface area is 134 Å². The minimum absolute atomic E-state index is 0. The molecule has 0 spiro atoms. The van der Waals surface area contributed by atoms with Gasteiger partial charge < -0.3 is 5.32 Å². The summed E-state index contributed by atoms with van der Waals surface area (Å²) in [4.78, 5) is 0. The fourth-order valence-electron chi connectivity index (χ4n) is 3.82. The highest BCUT2D eigenvalue weighted by molar-refractivity contribution is 5.85. The summed E-state index contributed by atoms with van der Waals surface area (Å²) in [6, 6.07) is 22.1. The molecule has 0 bridgehead atoms. The Morgan fingerprint density at radius 2 is 1.48 bits per heavy atom. The lowest BCUT2D eigenvalue weighted by Crippen LogP contribution is -2.26. The molecule has 2 aromatic rings. The number of nitrogens with one attached hydrogen (secondary N) is 1. The number of benzene rings is 2. The lowest BCUT2D eigenvalue weighted by molar-refractivity contribution is 0.467. The molecule has 1 fully saturated rings. The van der Waals surface area contributed by atoms with E-state index in [4.69, 9.17) is 0 Å². The van der Waals surface area contributed by atoms with Crippen molar-refractivity contribution in [3.63, 3.8) is 0 Å². The van der Waals surface area contributed by atoms with Crippen molar-refractivity contribution in [3.8, 4) is 0 Å². The van der Waals surface area contributed by atoms with Crippen LogP contribution in [-0.2, 0) is 5.41 Å². The van der Waals surface area contributed by atoms with E-state index < -0.39 is 0 Å². The summed E-state index contributed by atoms with van der Waals surface area (Å²) >= 11 is 0. The van der Waals surface area contributed by atoms with E-state index in [2.05, 4.69) is 73.0 Å². The van der Waals surface area contributed by atoms with Crippen molar-refractivity contribution in [2.75, 3.05) is 13.6 Å². The Balaban J connectivity index is 0.00000161. The molecule has 2 aromatic carbocycles. The molecule has 0 aromatic heterocycles. The average Bonchev–Trinajstić information content (AvgIpc) is 2.95. The van der Waals surface area contributed by atoms with Crippen LogP contribution in [0.2, 0.25) is 0 Å². The second-order valence-electron chi connectivity index (χ2n) is 5.98. The Hall–Kier alpha value is -1.31. The zero-order chi connectivity index (χ0) is 13.8. The largest absolute Gasteiger partial charge is 0.319 e. The third-order valence-corrected chi connectivity index (χ3v) is 4.76. The number of rotatable bonds is 4. The van der Waals surface area contributed by atoms with Crippen LogP contribution in [0, 0.1) is 5.92 Å². The van der Waals surface area contributed by atoms with Crippen LogP contribution in [0.5, 0.6) is 0 Å². The van der Waals surface area contributed by atoms with Gasteiger partial charge in [0, 0.05) is 5.41 Å². The van der Waals surface area contributed by atoms with Crippen molar-refractivity contribution in [2.24, 2.45) is 5.92 Å². The van der Waals surface area contributed by atoms with Crippen LogP contribution in [0.1, 0.15) is 30.4 Å². The maximum atomic E-state index is 3.35.